The molecule has 2 nitrogen and oxygen atoms in total. The van der Waals surface area contributed by atoms with Crippen LogP contribution in [0.15, 0.2) is 18.2 Å². The Labute approximate surface area is 82.3 Å². The molecule has 0 heterocycles. The van der Waals surface area contributed by atoms with E-state index in [0.29, 0.717) is 0 Å². The Morgan fingerprint density at radius 1 is 1.46 bits per heavy atom. The van der Waals surface area contributed by atoms with E-state index in [9.17, 15) is 5.11 Å². The van der Waals surface area contributed by atoms with Gasteiger partial charge in [0, 0.05) is 11.1 Å². The fourth-order valence-corrected chi connectivity index (χ4v) is 1.98. The fourth-order valence-electron chi connectivity index (χ4n) is 1.79. The lowest BCUT2D eigenvalue weighted by Crippen LogP contribution is -2.32. The molecule has 1 aliphatic carbocycles. The number of hydrogen-bond donors (Lipinski definition) is 2. The third-order valence-corrected chi connectivity index (χ3v) is 2.81. The van der Waals surface area contributed by atoms with Crippen LogP contribution in [0.4, 0.5) is 0 Å². The van der Waals surface area contributed by atoms with Crippen molar-refractivity contribution in [3.05, 3.63) is 34.3 Å². The molecule has 1 aliphatic rings. The Balaban J connectivity index is 2.44. The normalized spacial score (nSPS) is 27.0. The highest BCUT2D eigenvalue weighted by atomic mass is 35.5. The fraction of sp³-hybridized carbons (Fsp3) is 0.400. The molecule has 1 aromatic rings. The molecular formula is C10H12ClNO. The topological polar surface area (TPSA) is 46.2 Å². The van der Waals surface area contributed by atoms with Crippen LogP contribution in [-0.4, -0.2) is 11.1 Å². The Hall–Kier alpha value is -0.570. The quantitative estimate of drug-likeness (QED) is 0.665. The first-order chi connectivity index (χ1) is 6.18. The smallest absolute Gasteiger partial charge is 0.0943 e. The summed E-state index contributed by atoms with van der Waals surface area (Å²) in [6.07, 6.45) is 1.21. The van der Waals surface area contributed by atoms with E-state index in [1.807, 2.05) is 12.1 Å². The second-order valence-corrected chi connectivity index (χ2v) is 3.93. The summed E-state index contributed by atoms with van der Waals surface area (Å²) < 4.78 is 0. The number of halogens is 1. The molecule has 1 aromatic carbocycles. The van der Waals surface area contributed by atoms with E-state index in [0.717, 1.165) is 29.0 Å². The van der Waals surface area contributed by atoms with Crippen LogP contribution in [0.1, 0.15) is 23.7 Å². The predicted octanol–water partition coefficient (Wildman–Crippen LogP) is 1.65. The lowest BCUT2D eigenvalue weighted by Gasteiger charge is -2.27. The third kappa shape index (κ3) is 1.57. The summed E-state index contributed by atoms with van der Waals surface area (Å²) in [6, 6.07) is 5.43. The molecule has 0 bridgehead atoms. The summed E-state index contributed by atoms with van der Waals surface area (Å²) in [5.74, 6) is 0. The monoisotopic (exact) mass is 197 g/mol. The van der Waals surface area contributed by atoms with Gasteiger partial charge in [0.25, 0.3) is 0 Å². The summed E-state index contributed by atoms with van der Waals surface area (Å²) in [4.78, 5) is 0. The van der Waals surface area contributed by atoms with E-state index >= 15 is 0 Å². The second-order valence-electron chi connectivity index (χ2n) is 3.49. The van der Waals surface area contributed by atoms with Gasteiger partial charge in [-0.15, -0.1) is 0 Å². The molecule has 0 saturated carbocycles. The highest BCUT2D eigenvalue weighted by molar-refractivity contribution is 6.30. The van der Waals surface area contributed by atoms with Crippen LogP contribution >= 0.6 is 11.6 Å². The number of aliphatic hydroxyl groups is 1. The number of aryl methyl sites for hydroxylation is 1. The highest BCUT2D eigenvalue weighted by Crippen LogP contribution is 2.30. The Bertz CT molecular complexity index is 327. The number of benzene rings is 1. The lowest BCUT2D eigenvalue weighted by atomic mass is 9.86. The van der Waals surface area contributed by atoms with Crippen molar-refractivity contribution in [3.63, 3.8) is 0 Å². The maximum Gasteiger partial charge on any atom is 0.0943 e. The number of nitrogens with two attached hydrogens (primary N) is 1. The first kappa shape index (κ1) is 9.00. The van der Waals surface area contributed by atoms with Gasteiger partial charge in [0.05, 0.1) is 6.10 Å². The van der Waals surface area contributed by atoms with Crippen LogP contribution in [0.5, 0.6) is 0 Å². The van der Waals surface area contributed by atoms with Crippen molar-refractivity contribution < 1.29 is 5.11 Å². The minimum atomic E-state index is -0.527. The van der Waals surface area contributed by atoms with Crippen molar-refractivity contribution >= 4 is 11.6 Å². The molecule has 0 spiro atoms. The van der Waals surface area contributed by atoms with Crippen LogP contribution in [0.3, 0.4) is 0 Å². The van der Waals surface area contributed by atoms with Gasteiger partial charge in [-0.1, -0.05) is 17.7 Å². The largest absolute Gasteiger partial charge is 0.387 e. The first-order valence-corrected chi connectivity index (χ1v) is 4.78. The summed E-state index contributed by atoms with van der Waals surface area (Å²) in [5, 5.41) is 10.5. The second kappa shape index (κ2) is 3.29. The summed E-state index contributed by atoms with van der Waals surface area (Å²) in [5.41, 5.74) is 7.81. The van der Waals surface area contributed by atoms with Crippen molar-refractivity contribution in [2.45, 2.75) is 25.0 Å². The van der Waals surface area contributed by atoms with Crippen molar-refractivity contribution in [1.29, 1.82) is 0 Å². The number of hydrogen-bond acceptors (Lipinski definition) is 2. The molecule has 0 amide bonds. The third-order valence-electron chi connectivity index (χ3n) is 2.58. The zero-order chi connectivity index (χ0) is 9.42. The molecule has 0 saturated heterocycles. The van der Waals surface area contributed by atoms with Gasteiger partial charge in [0.1, 0.15) is 0 Å². The van der Waals surface area contributed by atoms with Gasteiger partial charge in [-0.3, -0.25) is 0 Å². The molecule has 0 aliphatic heterocycles. The zero-order valence-electron chi connectivity index (χ0n) is 7.20. The molecule has 0 fully saturated rings. The van der Waals surface area contributed by atoms with Crippen LogP contribution in [0.25, 0.3) is 0 Å². The molecule has 0 radical (unpaired) electrons. The van der Waals surface area contributed by atoms with Crippen LogP contribution < -0.4 is 5.73 Å². The number of aliphatic hydroxyl groups excluding tert-OH is 1. The molecule has 13 heavy (non-hydrogen) atoms. The molecule has 3 N–H and O–H groups in total. The van der Waals surface area contributed by atoms with Crippen LogP contribution in [0, 0.1) is 0 Å². The summed E-state index contributed by atoms with van der Waals surface area (Å²) in [7, 11) is 0. The van der Waals surface area contributed by atoms with Gasteiger partial charge in [0.15, 0.2) is 0 Å². The van der Waals surface area contributed by atoms with E-state index in [2.05, 4.69) is 0 Å². The van der Waals surface area contributed by atoms with Crippen LogP contribution in [0.2, 0.25) is 5.02 Å². The molecular weight excluding hydrogens is 186 g/mol. The number of fused-ring (bicyclic) bond motifs is 1. The van der Waals surface area contributed by atoms with Crippen molar-refractivity contribution in [2.24, 2.45) is 5.73 Å². The lowest BCUT2D eigenvalue weighted by molar-refractivity contribution is 0.134. The van der Waals surface area contributed by atoms with E-state index in [4.69, 9.17) is 17.3 Å². The van der Waals surface area contributed by atoms with Crippen molar-refractivity contribution in [3.8, 4) is 0 Å². The minimum absolute atomic E-state index is 0.131. The first-order valence-electron chi connectivity index (χ1n) is 4.40. The van der Waals surface area contributed by atoms with Crippen molar-refractivity contribution in [2.75, 3.05) is 0 Å². The Kier molecular flexibility index (Phi) is 2.28. The minimum Gasteiger partial charge on any atom is -0.387 e. The average Bonchev–Trinajstić information content (AvgIpc) is 2.12. The average molecular weight is 198 g/mol. The van der Waals surface area contributed by atoms with Crippen molar-refractivity contribution in [1.82, 2.24) is 0 Å². The summed E-state index contributed by atoms with van der Waals surface area (Å²) >= 11 is 5.85. The zero-order valence-corrected chi connectivity index (χ0v) is 7.96. The SMILES string of the molecule is N[C@H]1CCc2cc(Cl)ccc2[C@@H]1O. The van der Waals surface area contributed by atoms with E-state index in [1.165, 1.54) is 0 Å². The van der Waals surface area contributed by atoms with E-state index in [-0.39, 0.29) is 6.04 Å². The van der Waals surface area contributed by atoms with Crippen LogP contribution in [-0.2, 0) is 6.42 Å². The molecule has 2 rings (SSSR count). The maximum absolute atomic E-state index is 9.75. The van der Waals surface area contributed by atoms with Gasteiger partial charge in [0.2, 0.25) is 0 Å². The summed E-state index contributed by atoms with van der Waals surface area (Å²) in [6.45, 7) is 0. The molecule has 70 valence electrons. The van der Waals surface area contributed by atoms with E-state index < -0.39 is 6.10 Å². The molecule has 0 unspecified atom stereocenters. The standard InChI is InChI=1S/C10H12ClNO/c11-7-2-3-8-6(5-7)1-4-9(12)10(8)13/h2-3,5,9-10,13H,1,4,12H2/t9-,10-/m0/s1. The Morgan fingerprint density at radius 3 is 3.00 bits per heavy atom. The molecule has 2 atom stereocenters. The van der Waals surface area contributed by atoms with Gasteiger partial charge < -0.3 is 10.8 Å². The molecule has 3 heteroatoms. The van der Waals surface area contributed by atoms with Gasteiger partial charge in [-0.2, -0.15) is 0 Å². The van der Waals surface area contributed by atoms with Gasteiger partial charge in [-0.05, 0) is 36.1 Å². The predicted molar refractivity (Wildman–Crippen MR) is 52.7 cm³/mol. The van der Waals surface area contributed by atoms with Gasteiger partial charge in [-0.25, -0.2) is 0 Å². The van der Waals surface area contributed by atoms with E-state index in [1.54, 1.807) is 6.07 Å². The molecule has 0 aromatic heterocycles. The maximum atomic E-state index is 9.75. The van der Waals surface area contributed by atoms with Gasteiger partial charge >= 0.3 is 0 Å². The Morgan fingerprint density at radius 2 is 2.23 bits per heavy atom. The highest BCUT2D eigenvalue weighted by Gasteiger charge is 2.24. The number of rotatable bonds is 0.